The maximum absolute atomic E-state index is 13.1. The summed E-state index contributed by atoms with van der Waals surface area (Å²) in [4.78, 5) is 0. The lowest BCUT2D eigenvalue weighted by atomic mass is 10.2. The van der Waals surface area contributed by atoms with Crippen molar-refractivity contribution in [3.05, 3.63) is 29.8 Å². The van der Waals surface area contributed by atoms with E-state index in [1.165, 1.54) is 38.3 Å². The van der Waals surface area contributed by atoms with Crippen molar-refractivity contribution in [1.82, 2.24) is 0 Å². The maximum atomic E-state index is 13.1. The van der Waals surface area contributed by atoms with Crippen LogP contribution < -0.4 is 4.74 Å². The summed E-state index contributed by atoms with van der Waals surface area (Å²) >= 11 is 0. The number of hydrogen-bond donors (Lipinski definition) is 0. The van der Waals surface area contributed by atoms with Gasteiger partial charge in [0.15, 0.2) is 0 Å². The summed E-state index contributed by atoms with van der Waals surface area (Å²) in [5, 5.41) is 0. The van der Waals surface area contributed by atoms with Crippen molar-refractivity contribution in [2.24, 2.45) is 0 Å². The van der Waals surface area contributed by atoms with E-state index in [0.29, 0.717) is 5.75 Å². The number of methoxy groups -OCH3 is 1. The topological polar surface area (TPSA) is 18.5 Å². The van der Waals surface area contributed by atoms with Crippen LogP contribution in [0.2, 0.25) is 0 Å². The summed E-state index contributed by atoms with van der Waals surface area (Å²) in [6, 6.07) is 5.52. The summed E-state index contributed by atoms with van der Waals surface area (Å²) < 4.78 is 35.4. The van der Waals surface area contributed by atoms with Gasteiger partial charge in [0, 0.05) is 0 Å². The van der Waals surface area contributed by atoms with Crippen molar-refractivity contribution >= 4 is 0 Å². The number of alkyl halides is 2. The van der Waals surface area contributed by atoms with Gasteiger partial charge >= 0.3 is 6.11 Å². The van der Waals surface area contributed by atoms with Crippen molar-refractivity contribution in [3.8, 4) is 5.75 Å². The van der Waals surface area contributed by atoms with Gasteiger partial charge in [-0.15, -0.1) is 0 Å². The van der Waals surface area contributed by atoms with E-state index in [1.54, 1.807) is 0 Å². The molecule has 0 fully saturated rings. The highest BCUT2D eigenvalue weighted by molar-refractivity contribution is 5.28. The highest BCUT2D eigenvalue weighted by Gasteiger charge is 2.31. The molecule has 1 aromatic carbocycles. The van der Waals surface area contributed by atoms with Gasteiger partial charge in [0.2, 0.25) is 0 Å². The van der Waals surface area contributed by atoms with Crippen LogP contribution >= 0.6 is 0 Å². The molecule has 0 spiro atoms. The minimum absolute atomic E-state index is 0.0287. The fourth-order valence-corrected chi connectivity index (χ4v) is 1.05. The number of rotatable bonds is 4. The van der Waals surface area contributed by atoms with Crippen molar-refractivity contribution in [2.75, 3.05) is 13.7 Å². The van der Waals surface area contributed by atoms with Crippen LogP contribution in [-0.4, -0.2) is 13.7 Å². The monoisotopic (exact) mass is 202 g/mol. The SMILES string of the molecule is CCOC(F)(F)c1ccc(OC)cc1. The average Bonchev–Trinajstić information content (AvgIpc) is 2.18. The van der Waals surface area contributed by atoms with E-state index in [-0.39, 0.29) is 12.2 Å². The fraction of sp³-hybridized carbons (Fsp3) is 0.400. The fourth-order valence-electron chi connectivity index (χ4n) is 1.05. The smallest absolute Gasteiger partial charge is 0.383 e. The van der Waals surface area contributed by atoms with Crippen molar-refractivity contribution < 1.29 is 18.3 Å². The molecule has 0 saturated carbocycles. The van der Waals surface area contributed by atoms with Gasteiger partial charge in [0.25, 0.3) is 0 Å². The van der Waals surface area contributed by atoms with Crippen molar-refractivity contribution in [2.45, 2.75) is 13.0 Å². The standard InChI is InChI=1S/C10H12F2O2/c1-3-14-10(11,12)8-4-6-9(13-2)7-5-8/h4-7H,3H2,1-2H3. The molecule has 0 unspecified atom stereocenters. The minimum atomic E-state index is -3.22. The number of halogens is 2. The van der Waals surface area contributed by atoms with Crippen LogP contribution in [0.5, 0.6) is 5.75 Å². The Bertz CT molecular complexity index is 283. The first-order valence-corrected chi connectivity index (χ1v) is 4.26. The normalized spacial score (nSPS) is 11.4. The van der Waals surface area contributed by atoms with Crippen LogP contribution in [0.3, 0.4) is 0 Å². The maximum Gasteiger partial charge on any atom is 0.383 e. The predicted octanol–water partition coefficient (Wildman–Crippen LogP) is 2.78. The highest BCUT2D eigenvalue weighted by Crippen LogP contribution is 2.30. The molecule has 0 N–H and O–H groups in total. The molecule has 78 valence electrons. The first-order valence-electron chi connectivity index (χ1n) is 4.26. The van der Waals surface area contributed by atoms with E-state index >= 15 is 0 Å². The summed E-state index contributed by atoms with van der Waals surface area (Å²) in [6.45, 7) is 1.50. The Labute approximate surface area is 81.4 Å². The van der Waals surface area contributed by atoms with Gasteiger partial charge in [-0.25, -0.2) is 0 Å². The minimum Gasteiger partial charge on any atom is -0.497 e. The Morgan fingerprint density at radius 2 is 1.79 bits per heavy atom. The molecular weight excluding hydrogens is 190 g/mol. The van der Waals surface area contributed by atoms with Crippen LogP contribution in [0.1, 0.15) is 12.5 Å². The molecule has 4 heteroatoms. The largest absolute Gasteiger partial charge is 0.497 e. The number of ether oxygens (including phenoxy) is 2. The van der Waals surface area contributed by atoms with Gasteiger partial charge in [0.1, 0.15) is 5.75 Å². The molecule has 0 heterocycles. The van der Waals surface area contributed by atoms with Crippen LogP contribution in [0.15, 0.2) is 24.3 Å². The Balaban J connectivity index is 2.85. The van der Waals surface area contributed by atoms with Crippen molar-refractivity contribution in [3.63, 3.8) is 0 Å². The van der Waals surface area contributed by atoms with E-state index in [0.717, 1.165) is 0 Å². The van der Waals surface area contributed by atoms with E-state index in [2.05, 4.69) is 4.74 Å². The second-order valence-electron chi connectivity index (χ2n) is 2.68. The number of hydrogen-bond acceptors (Lipinski definition) is 2. The quantitative estimate of drug-likeness (QED) is 0.747. The highest BCUT2D eigenvalue weighted by atomic mass is 19.3. The van der Waals surface area contributed by atoms with Gasteiger partial charge in [-0.05, 0) is 31.2 Å². The second-order valence-corrected chi connectivity index (χ2v) is 2.68. The first-order chi connectivity index (χ1) is 6.60. The first kappa shape index (κ1) is 10.9. The third-order valence-corrected chi connectivity index (χ3v) is 1.75. The van der Waals surface area contributed by atoms with E-state index in [1.807, 2.05) is 0 Å². The molecule has 0 aliphatic carbocycles. The zero-order chi connectivity index (χ0) is 10.6. The molecule has 0 aliphatic heterocycles. The molecule has 1 aromatic rings. The van der Waals surface area contributed by atoms with E-state index < -0.39 is 6.11 Å². The Morgan fingerprint density at radius 3 is 2.21 bits per heavy atom. The zero-order valence-electron chi connectivity index (χ0n) is 8.09. The van der Waals surface area contributed by atoms with Gasteiger partial charge < -0.3 is 9.47 Å². The predicted molar refractivity (Wildman–Crippen MR) is 48.5 cm³/mol. The Morgan fingerprint density at radius 1 is 1.21 bits per heavy atom. The van der Waals surface area contributed by atoms with Gasteiger partial charge in [-0.3, -0.25) is 0 Å². The molecule has 0 aliphatic rings. The summed E-state index contributed by atoms with van der Waals surface area (Å²) in [6.07, 6.45) is -3.22. The second kappa shape index (κ2) is 4.37. The Kier molecular flexibility index (Phi) is 3.41. The Hall–Kier alpha value is -1.16. The van der Waals surface area contributed by atoms with Gasteiger partial charge in [-0.1, -0.05) is 0 Å². The van der Waals surface area contributed by atoms with Crippen LogP contribution in [0.25, 0.3) is 0 Å². The summed E-state index contributed by atoms with van der Waals surface area (Å²) in [7, 11) is 1.48. The third kappa shape index (κ3) is 2.42. The lowest BCUT2D eigenvalue weighted by Crippen LogP contribution is -2.17. The molecule has 14 heavy (non-hydrogen) atoms. The lowest BCUT2D eigenvalue weighted by Gasteiger charge is -2.15. The van der Waals surface area contributed by atoms with Gasteiger partial charge in [0.05, 0.1) is 19.3 Å². The van der Waals surface area contributed by atoms with E-state index in [9.17, 15) is 8.78 Å². The molecule has 2 nitrogen and oxygen atoms in total. The molecule has 1 rings (SSSR count). The number of benzene rings is 1. The lowest BCUT2D eigenvalue weighted by molar-refractivity contribution is -0.245. The molecule has 0 amide bonds. The van der Waals surface area contributed by atoms with Crippen LogP contribution in [-0.2, 0) is 10.8 Å². The average molecular weight is 202 g/mol. The van der Waals surface area contributed by atoms with E-state index in [4.69, 9.17) is 4.74 Å². The van der Waals surface area contributed by atoms with Crippen molar-refractivity contribution in [1.29, 1.82) is 0 Å². The van der Waals surface area contributed by atoms with Crippen LogP contribution in [0.4, 0.5) is 8.78 Å². The molecular formula is C10H12F2O2. The third-order valence-electron chi connectivity index (χ3n) is 1.75. The molecule has 0 radical (unpaired) electrons. The summed E-state index contributed by atoms with van der Waals surface area (Å²) in [5.41, 5.74) is -0.167. The molecule has 0 atom stereocenters. The zero-order valence-corrected chi connectivity index (χ0v) is 8.09. The van der Waals surface area contributed by atoms with Crippen LogP contribution in [0, 0.1) is 0 Å². The molecule has 0 bridgehead atoms. The molecule has 0 aromatic heterocycles. The van der Waals surface area contributed by atoms with Gasteiger partial charge in [-0.2, -0.15) is 8.78 Å². The molecule has 0 saturated heterocycles. The summed E-state index contributed by atoms with van der Waals surface area (Å²) in [5.74, 6) is 0.543.